The molecule has 9 heteroatoms. The molecule has 0 atom stereocenters. The zero-order valence-corrected chi connectivity index (χ0v) is 15.7. The van der Waals surface area contributed by atoms with E-state index in [0.29, 0.717) is 30.8 Å². The van der Waals surface area contributed by atoms with Gasteiger partial charge in [-0.2, -0.15) is 0 Å². The monoisotopic (exact) mass is 387 g/mol. The zero-order valence-electron chi connectivity index (χ0n) is 15.7. The molecule has 28 heavy (non-hydrogen) atoms. The molecule has 1 aromatic rings. The van der Waals surface area contributed by atoms with Gasteiger partial charge in [0.25, 0.3) is 0 Å². The second-order valence-corrected chi connectivity index (χ2v) is 6.40. The van der Waals surface area contributed by atoms with Crippen molar-refractivity contribution in [2.45, 2.75) is 13.8 Å². The second kappa shape index (κ2) is 9.03. The molecule has 0 spiro atoms. The molecule has 0 fully saturated rings. The normalized spacial score (nSPS) is 15.5. The maximum absolute atomic E-state index is 14.2. The predicted octanol–water partition coefficient (Wildman–Crippen LogP) is 2.09. The average Bonchev–Trinajstić information content (AvgIpc) is 3.14. The van der Waals surface area contributed by atoms with E-state index >= 15 is 0 Å². The summed E-state index contributed by atoms with van der Waals surface area (Å²) in [6.07, 6.45) is 2.71. The van der Waals surface area contributed by atoms with Gasteiger partial charge in [-0.15, -0.1) is 0 Å². The Balaban J connectivity index is 2.42. The summed E-state index contributed by atoms with van der Waals surface area (Å²) in [4.78, 5) is 8.19. The quantitative estimate of drug-likeness (QED) is 0.290. The van der Waals surface area contributed by atoms with E-state index in [1.54, 1.807) is 0 Å². The number of nitrogens with two attached hydrogens (primary N) is 2. The van der Waals surface area contributed by atoms with Crippen LogP contribution < -0.4 is 16.8 Å². The number of benzene rings is 1. The molecule has 1 aromatic carbocycles. The highest BCUT2D eigenvalue weighted by Crippen LogP contribution is 2.18. The molecule has 7 nitrogen and oxygen atoms in total. The molecule has 1 aliphatic rings. The maximum atomic E-state index is 14.2. The minimum Gasteiger partial charge on any atom is -0.398 e. The zero-order chi connectivity index (χ0) is 20.8. The van der Waals surface area contributed by atoms with Gasteiger partial charge in [0.15, 0.2) is 0 Å². The van der Waals surface area contributed by atoms with E-state index in [0.717, 1.165) is 6.07 Å². The lowest BCUT2D eigenvalue weighted by Crippen LogP contribution is -2.28. The van der Waals surface area contributed by atoms with Crippen molar-refractivity contribution in [3.05, 3.63) is 58.8 Å². The summed E-state index contributed by atoms with van der Waals surface area (Å²) in [7, 11) is 0. The molecule has 7 N–H and O–H groups in total. The summed E-state index contributed by atoms with van der Waals surface area (Å²) < 4.78 is 27.4. The largest absolute Gasteiger partial charge is 0.398 e. The molecule has 0 radical (unpaired) electrons. The number of nitrogens with one attached hydrogen (secondary N) is 3. The molecule has 0 aromatic heterocycles. The van der Waals surface area contributed by atoms with Crippen molar-refractivity contribution in [2.75, 3.05) is 13.1 Å². The number of amidine groups is 3. The number of aliphatic imine (C=N–C) groups is 2. The number of rotatable bonds is 6. The lowest BCUT2D eigenvalue weighted by atomic mass is 9.98. The van der Waals surface area contributed by atoms with E-state index in [4.69, 9.17) is 22.3 Å². The van der Waals surface area contributed by atoms with Crippen LogP contribution in [0.2, 0.25) is 0 Å². The van der Waals surface area contributed by atoms with E-state index in [-0.39, 0.29) is 34.3 Å². The molecular weight excluding hydrogens is 364 g/mol. The van der Waals surface area contributed by atoms with Gasteiger partial charge in [-0.05, 0) is 24.3 Å². The summed E-state index contributed by atoms with van der Waals surface area (Å²) in [6.45, 7) is 4.75. The molecule has 148 valence electrons. The van der Waals surface area contributed by atoms with Crippen molar-refractivity contribution in [3.8, 4) is 0 Å². The minimum atomic E-state index is -0.875. The smallest absolute Gasteiger partial charge is 0.146 e. The molecule has 0 aliphatic carbocycles. The Morgan fingerprint density at radius 1 is 1.25 bits per heavy atom. The van der Waals surface area contributed by atoms with Gasteiger partial charge in [-0.3, -0.25) is 15.8 Å². The first-order valence-corrected chi connectivity index (χ1v) is 8.64. The number of nitrogens with zero attached hydrogens (tertiary/aromatic N) is 2. The summed E-state index contributed by atoms with van der Waals surface area (Å²) in [5.74, 6) is -1.09. The fourth-order valence-electron chi connectivity index (χ4n) is 2.35. The molecular formula is C19H23F2N7. The Hall–Kier alpha value is -3.36. The van der Waals surface area contributed by atoms with Crippen molar-refractivity contribution in [3.63, 3.8) is 0 Å². The van der Waals surface area contributed by atoms with Crippen molar-refractivity contribution in [1.29, 1.82) is 10.8 Å². The van der Waals surface area contributed by atoms with Crippen molar-refractivity contribution < 1.29 is 8.78 Å². The highest BCUT2D eigenvalue weighted by atomic mass is 19.1. The second-order valence-electron chi connectivity index (χ2n) is 6.40. The van der Waals surface area contributed by atoms with Gasteiger partial charge in [0, 0.05) is 29.8 Å². The number of hydrogen-bond acceptors (Lipinski definition) is 5. The van der Waals surface area contributed by atoms with Crippen LogP contribution in [0.4, 0.5) is 8.78 Å². The third-order valence-corrected chi connectivity index (χ3v) is 3.91. The van der Waals surface area contributed by atoms with E-state index in [1.165, 1.54) is 18.2 Å². The van der Waals surface area contributed by atoms with E-state index < -0.39 is 11.6 Å². The van der Waals surface area contributed by atoms with Crippen molar-refractivity contribution >= 4 is 23.2 Å². The Labute approximate surface area is 162 Å². The molecule has 2 rings (SSSR count). The lowest BCUT2D eigenvalue weighted by Gasteiger charge is -2.13. The van der Waals surface area contributed by atoms with Crippen LogP contribution in [0.15, 0.2) is 51.6 Å². The van der Waals surface area contributed by atoms with E-state index in [1.807, 2.05) is 13.8 Å². The first-order valence-electron chi connectivity index (χ1n) is 8.64. The molecule has 0 amide bonds. The van der Waals surface area contributed by atoms with E-state index in [2.05, 4.69) is 15.3 Å². The standard InChI is InChI=1S/C19H23F2N7/c1-10(2)18(25)28-15(23)6-5-14(22)16(19-26-7-8-27-19)17(24)12-4-3-11(20)9-13(12)21/h3-6,9-10,24H,7-8,22H2,1-2H3,(H,26,27)(H3,23,25,28)/b6-5-,16-14-,24-17?. The first-order chi connectivity index (χ1) is 13.2. The molecule has 0 bridgehead atoms. The van der Waals surface area contributed by atoms with Crippen molar-refractivity contribution in [2.24, 2.45) is 27.4 Å². The summed E-state index contributed by atoms with van der Waals surface area (Å²) in [5, 5.41) is 19.2. The molecule has 1 heterocycles. The Morgan fingerprint density at radius 3 is 2.54 bits per heavy atom. The molecule has 0 saturated carbocycles. The topological polar surface area (TPSA) is 136 Å². The highest BCUT2D eigenvalue weighted by Gasteiger charge is 2.22. The first kappa shape index (κ1) is 20.9. The van der Waals surface area contributed by atoms with E-state index in [9.17, 15) is 8.78 Å². The Bertz CT molecular complexity index is 911. The summed E-state index contributed by atoms with van der Waals surface area (Å²) in [6, 6.07) is 2.95. The van der Waals surface area contributed by atoms with Gasteiger partial charge in [-0.25, -0.2) is 13.8 Å². The third-order valence-electron chi connectivity index (χ3n) is 3.91. The van der Waals surface area contributed by atoms with Gasteiger partial charge in [0.2, 0.25) is 0 Å². The van der Waals surface area contributed by atoms with Gasteiger partial charge in [0.05, 0.1) is 17.8 Å². The number of hydrogen-bond donors (Lipinski definition) is 5. The number of allylic oxidation sites excluding steroid dienone is 1. The molecule has 0 saturated heterocycles. The van der Waals surface area contributed by atoms with Gasteiger partial charge in [-0.1, -0.05) is 13.8 Å². The molecule has 0 unspecified atom stereocenters. The third kappa shape index (κ3) is 5.09. The average molecular weight is 387 g/mol. The fraction of sp³-hybridized carbons (Fsp3) is 0.263. The minimum absolute atomic E-state index is 0.0103. The van der Waals surface area contributed by atoms with Crippen LogP contribution in [0.1, 0.15) is 19.4 Å². The van der Waals surface area contributed by atoms with Gasteiger partial charge in [0.1, 0.15) is 29.1 Å². The molecule has 1 aliphatic heterocycles. The number of halogens is 2. The van der Waals surface area contributed by atoms with Gasteiger partial charge >= 0.3 is 0 Å². The SMILES string of the molecule is CC(C)C(N)=NC(=N)/C=C\C(N)=C(/C(=N)c1ccc(F)cc1F)C1=NCCN1. The summed E-state index contributed by atoms with van der Waals surface area (Å²) in [5.41, 5.74) is 11.7. The Morgan fingerprint density at radius 2 is 1.96 bits per heavy atom. The van der Waals surface area contributed by atoms with Crippen LogP contribution in [0, 0.1) is 28.4 Å². The fourth-order valence-corrected chi connectivity index (χ4v) is 2.35. The van der Waals surface area contributed by atoms with Crippen LogP contribution in [-0.4, -0.2) is 36.3 Å². The predicted molar refractivity (Wildman–Crippen MR) is 108 cm³/mol. The summed E-state index contributed by atoms with van der Waals surface area (Å²) >= 11 is 0. The van der Waals surface area contributed by atoms with Gasteiger partial charge < -0.3 is 16.8 Å². The Kier molecular flexibility index (Phi) is 6.75. The van der Waals surface area contributed by atoms with Crippen LogP contribution in [-0.2, 0) is 0 Å². The van der Waals surface area contributed by atoms with Crippen LogP contribution in [0.25, 0.3) is 0 Å². The van der Waals surface area contributed by atoms with Crippen LogP contribution >= 0.6 is 0 Å². The maximum Gasteiger partial charge on any atom is 0.146 e. The highest BCUT2D eigenvalue weighted by molar-refractivity contribution is 6.29. The van der Waals surface area contributed by atoms with Crippen molar-refractivity contribution in [1.82, 2.24) is 5.32 Å². The lowest BCUT2D eigenvalue weighted by molar-refractivity contribution is 0.582. The van der Waals surface area contributed by atoms with Crippen LogP contribution in [0.3, 0.4) is 0 Å². The van der Waals surface area contributed by atoms with Crippen LogP contribution in [0.5, 0.6) is 0 Å².